The molecule has 0 spiro atoms. The number of aliphatic imine (C=N–C) groups is 1. The van der Waals surface area contributed by atoms with Gasteiger partial charge in [0.25, 0.3) is 0 Å². The Kier molecular flexibility index (Phi) is 17.6. The standard InChI is InChI=1S/C9H8N.C2H6.CH3.Y/c1-3-8-6-4-5-7-9(8)10-2;1-2;;/h3-6H,1-2H2;1-2H3;1H3;/q-1;;-1;. The first-order valence-electron chi connectivity index (χ1n) is 3.98. The summed E-state index contributed by atoms with van der Waals surface area (Å²) in [5, 5.41) is 0. The van der Waals surface area contributed by atoms with Crippen molar-refractivity contribution in [2.45, 2.75) is 13.8 Å². The summed E-state index contributed by atoms with van der Waals surface area (Å²) in [6.45, 7) is 11.0. The van der Waals surface area contributed by atoms with Crippen LogP contribution in [0.1, 0.15) is 19.4 Å². The SMILES string of the molecule is C=Cc1ccc[c-]c1N=C.CC.[CH3-].[Y]. The Balaban J connectivity index is -0.000000284. The minimum absolute atomic E-state index is 0. The number of rotatable bonds is 2. The summed E-state index contributed by atoms with van der Waals surface area (Å²) in [5.41, 5.74) is 1.73. The van der Waals surface area contributed by atoms with Crippen molar-refractivity contribution in [3.05, 3.63) is 43.8 Å². The largest absolute Gasteiger partial charge is 0.358 e. The predicted octanol–water partition coefficient (Wildman–Crippen LogP) is 3.94. The number of hydrogen-bond donors (Lipinski definition) is 0. The summed E-state index contributed by atoms with van der Waals surface area (Å²) in [6.07, 6.45) is 1.74. The van der Waals surface area contributed by atoms with Gasteiger partial charge in [-0.2, -0.15) is 24.3 Å². The van der Waals surface area contributed by atoms with Crippen molar-refractivity contribution in [3.8, 4) is 0 Å². The second kappa shape index (κ2) is 12.7. The van der Waals surface area contributed by atoms with Gasteiger partial charge in [-0.1, -0.05) is 13.8 Å². The summed E-state index contributed by atoms with van der Waals surface area (Å²) < 4.78 is 0. The van der Waals surface area contributed by atoms with E-state index in [9.17, 15) is 0 Å². The van der Waals surface area contributed by atoms with Crippen molar-refractivity contribution in [1.82, 2.24) is 0 Å². The molecule has 0 saturated heterocycles. The Morgan fingerprint density at radius 1 is 1.43 bits per heavy atom. The van der Waals surface area contributed by atoms with Gasteiger partial charge in [0.15, 0.2) is 0 Å². The van der Waals surface area contributed by atoms with E-state index in [-0.39, 0.29) is 40.1 Å². The molecule has 75 valence electrons. The zero-order chi connectivity index (χ0) is 9.40. The summed E-state index contributed by atoms with van der Waals surface area (Å²) in [5.74, 6) is 0. The minimum atomic E-state index is 0. The molecule has 0 aliphatic heterocycles. The maximum Gasteiger partial charge on any atom is 0 e. The van der Waals surface area contributed by atoms with E-state index in [1.807, 2.05) is 26.0 Å². The molecular formula is C12H17NY-2. The Bertz CT molecular complexity index is 229. The number of nitrogens with zero attached hydrogens (tertiary/aromatic N) is 1. The van der Waals surface area contributed by atoms with Crippen LogP contribution in [-0.2, 0) is 32.7 Å². The van der Waals surface area contributed by atoms with Crippen molar-refractivity contribution < 1.29 is 32.7 Å². The Morgan fingerprint density at radius 2 is 2.00 bits per heavy atom. The first-order chi connectivity index (χ1) is 5.88. The summed E-state index contributed by atoms with van der Waals surface area (Å²) in [4.78, 5) is 3.76. The van der Waals surface area contributed by atoms with Gasteiger partial charge in [0, 0.05) is 32.7 Å². The molecule has 0 fully saturated rings. The van der Waals surface area contributed by atoms with E-state index in [2.05, 4.69) is 24.4 Å². The summed E-state index contributed by atoms with van der Waals surface area (Å²) in [7, 11) is 0. The molecule has 1 aromatic rings. The average Bonchev–Trinajstić information content (AvgIpc) is 2.20. The van der Waals surface area contributed by atoms with Gasteiger partial charge in [-0.15, -0.1) is 18.2 Å². The van der Waals surface area contributed by atoms with E-state index in [0.29, 0.717) is 0 Å². The smallest absolute Gasteiger partial charge is 0 e. The minimum Gasteiger partial charge on any atom is -0.358 e. The zero-order valence-corrected chi connectivity index (χ0v) is 12.1. The average molecular weight is 264 g/mol. The quantitative estimate of drug-likeness (QED) is 0.566. The molecule has 14 heavy (non-hydrogen) atoms. The number of benzene rings is 1. The molecule has 0 amide bonds. The van der Waals surface area contributed by atoms with Crippen LogP contribution >= 0.6 is 0 Å². The third-order valence-electron chi connectivity index (χ3n) is 1.24. The molecule has 0 saturated carbocycles. The maximum absolute atomic E-state index is 3.76. The summed E-state index contributed by atoms with van der Waals surface area (Å²) >= 11 is 0. The number of hydrogen-bond acceptors (Lipinski definition) is 1. The van der Waals surface area contributed by atoms with Crippen molar-refractivity contribution in [1.29, 1.82) is 0 Å². The second-order valence-corrected chi connectivity index (χ2v) is 1.84. The zero-order valence-electron chi connectivity index (χ0n) is 9.25. The third-order valence-corrected chi connectivity index (χ3v) is 1.24. The summed E-state index contributed by atoms with van der Waals surface area (Å²) in [6, 6.07) is 8.56. The van der Waals surface area contributed by atoms with Gasteiger partial charge in [0.2, 0.25) is 0 Å². The molecule has 0 aromatic heterocycles. The van der Waals surface area contributed by atoms with Crippen LogP contribution in [0.5, 0.6) is 0 Å². The first-order valence-corrected chi connectivity index (χ1v) is 3.98. The Hall–Kier alpha value is -0.266. The molecule has 0 atom stereocenters. The van der Waals surface area contributed by atoms with Gasteiger partial charge >= 0.3 is 0 Å². The normalized spacial score (nSPS) is 6.71. The van der Waals surface area contributed by atoms with Crippen molar-refractivity contribution in [2.24, 2.45) is 4.99 Å². The van der Waals surface area contributed by atoms with E-state index in [0.717, 1.165) is 11.3 Å². The van der Waals surface area contributed by atoms with Crippen LogP contribution in [0.4, 0.5) is 5.69 Å². The van der Waals surface area contributed by atoms with Gasteiger partial charge in [-0.3, -0.25) is 4.99 Å². The van der Waals surface area contributed by atoms with Crippen LogP contribution in [0.25, 0.3) is 6.08 Å². The van der Waals surface area contributed by atoms with Gasteiger partial charge in [-0.05, 0) is 12.4 Å². The Morgan fingerprint density at radius 3 is 2.36 bits per heavy atom. The van der Waals surface area contributed by atoms with E-state index in [1.54, 1.807) is 12.1 Å². The number of para-hydroxylation sites is 1. The molecule has 1 radical (unpaired) electrons. The monoisotopic (exact) mass is 264 g/mol. The van der Waals surface area contributed by atoms with Crippen LogP contribution in [-0.4, -0.2) is 6.72 Å². The van der Waals surface area contributed by atoms with Gasteiger partial charge in [-0.25, -0.2) is 0 Å². The van der Waals surface area contributed by atoms with Gasteiger partial charge in [0.1, 0.15) is 0 Å². The van der Waals surface area contributed by atoms with Crippen molar-refractivity contribution in [2.75, 3.05) is 0 Å². The van der Waals surface area contributed by atoms with Gasteiger partial charge in [0.05, 0.1) is 0 Å². The molecule has 1 nitrogen and oxygen atoms in total. The maximum atomic E-state index is 3.76. The van der Waals surface area contributed by atoms with E-state index < -0.39 is 0 Å². The molecule has 1 aromatic carbocycles. The molecule has 2 heteroatoms. The van der Waals surface area contributed by atoms with Crippen LogP contribution in [0, 0.1) is 13.5 Å². The fourth-order valence-electron chi connectivity index (χ4n) is 0.743. The molecule has 0 N–H and O–H groups in total. The molecule has 0 aliphatic carbocycles. The van der Waals surface area contributed by atoms with Crippen molar-refractivity contribution >= 4 is 18.5 Å². The predicted molar refractivity (Wildman–Crippen MR) is 62.3 cm³/mol. The molecule has 1 rings (SSSR count). The van der Waals surface area contributed by atoms with Crippen LogP contribution in [0.3, 0.4) is 0 Å². The fraction of sp³-hybridized carbons (Fsp3) is 0.167. The third kappa shape index (κ3) is 6.23. The van der Waals surface area contributed by atoms with Gasteiger partial charge < -0.3 is 7.43 Å². The molecule has 0 heterocycles. The van der Waals surface area contributed by atoms with E-state index in [1.165, 1.54) is 0 Å². The van der Waals surface area contributed by atoms with Crippen LogP contribution in [0.15, 0.2) is 29.8 Å². The topological polar surface area (TPSA) is 12.4 Å². The van der Waals surface area contributed by atoms with Crippen LogP contribution in [0.2, 0.25) is 0 Å². The molecule has 0 aliphatic rings. The van der Waals surface area contributed by atoms with Crippen molar-refractivity contribution in [3.63, 3.8) is 0 Å². The fourth-order valence-corrected chi connectivity index (χ4v) is 0.743. The Labute approximate surface area is 113 Å². The molecular weight excluding hydrogens is 247 g/mol. The molecule has 0 bridgehead atoms. The first kappa shape index (κ1) is 19.3. The second-order valence-electron chi connectivity index (χ2n) is 1.84. The van der Waals surface area contributed by atoms with Crippen LogP contribution < -0.4 is 0 Å². The molecule has 0 unspecified atom stereocenters. The van der Waals surface area contributed by atoms with E-state index >= 15 is 0 Å². The van der Waals surface area contributed by atoms with E-state index in [4.69, 9.17) is 0 Å².